The van der Waals surface area contributed by atoms with Gasteiger partial charge in [-0.2, -0.15) is 0 Å². The Kier molecular flexibility index (Phi) is 6.84. The molecule has 2 aromatic rings. The van der Waals surface area contributed by atoms with E-state index < -0.39 is 5.97 Å². The average Bonchev–Trinajstić information content (AvgIpc) is 2.64. The summed E-state index contributed by atoms with van der Waals surface area (Å²) in [6, 6.07) is 10.5. The predicted octanol–water partition coefficient (Wildman–Crippen LogP) is 3.49. The lowest BCUT2D eigenvalue weighted by Crippen LogP contribution is -2.04. The van der Waals surface area contributed by atoms with Gasteiger partial charge in [0.25, 0.3) is 0 Å². The Hall–Kier alpha value is -3.22. The Labute approximate surface area is 149 Å². The van der Waals surface area contributed by atoms with Gasteiger partial charge in [0, 0.05) is 12.0 Å². The molecule has 0 aliphatic carbocycles. The molecule has 1 N–H and O–H groups in total. The monoisotopic (exact) mass is 359 g/mol. The highest BCUT2D eigenvalue weighted by Gasteiger charge is 2.12. The number of carboxylic acids is 1. The third-order valence-corrected chi connectivity index (χ3v) is 3.49. The number of rotatable bonds is 9. The van der Waals surface area contributed by atoms with E-state index in [1.54, 1.807) is 24.3 Å². The summed E-state index contributed by atoms with van der Waals surface area (Å²) in [5.41, 5.74) is 1.14. The van der Waals surface area contributed by atoms with Crippen molar-refractivity contribution in [2.24, 2.45) is 4.99 Å². The molecule has 0 fully saturated rings. The summed E-state index contributed by atoms with van der Waals surface area (Å²) < 4.78 is 23.4. The highest BCUT2D eigenvalue weighted by Crippen LogP contribution is 2.28. The largest absolute Gasteiger partial charge is 0.493 e. The number of hydrogen-bond donors (Lipinski definition) is 1. The predicted molar refractivity (Wildman–Crippen MR) is 93.4 cm³/mol. The second-order valence-corrected chi connectivity index (χ2v) is 5.37. The molecular weight excluding hydrogens is 341 g/mol. The second kappa shape index (κ2) is 9.31. The topological polar surface area (TPSA) is 85.2 Å². The van der Waals surface area contributed by atoms with Crippen molar-refractivity contribution in [1.29, 1.82) is 0 Å². The molecule has 0 saturated heterocycles. The van der Waals surface area contributed by atoms with Crippen molar-refractivity contribution in [3.8, 4) is 11.5 Å². The van der Waals surface area contributed by atoms with Gasteiger partial charge in [-0.05, 0) is 35.9 Å². The van der Waals surface area contributed by atoms with Gasteiger partial charge >= 0.3 is 5.97 Å². The van der Waals surface area contributed by atoms with E-state index in [1.165, 1.54) is 31.7 Å². The Morgan fingerprint density at radius 1 is 1.12 bits per heavy atom. The molecule has 0 aliphatic heterocycles. The molecule has 0 unspecified atom stereocenters. The Bertz CT molecular complexity index is 802. The summed E-state index contributed by atoms with van der Waals surface area (Å²) in [5.74, 6) is -0.952. The van der Waals surface area contributed by atoms with E-state index in [-0.39, 0.29) is 30.2 Å². The summed E-state index contributed by atoms with van der Waals surface area (Å²) in [7, 11) is 1.46. The molecule has 0 atom stereocenters. The molecule has 0 amide bonds. The number of carbonyl (C=O) groups excluding carboxylic acids is 1. The fraction of sp³-hybridized carbons (Fsp3) is 0.211. The van der Waals surface area contributed by atoms with Crippen molar-refractivity contribution < 1.29 is 28.6 Å². The number of carboxylic acid groups (broad SMARTS) is 1. The normalized spacial score (nSPS) is 10.7. The number of Topliss-reactive ketones (excluding diaryl/α,β-unsaturated/α-hetero) is 1. The van der Waals surface area contributed by atoms with Gasteiger partial charge in [-0.1, -0.05) is 12.1 Å². The van der Waals surface area contributed by atoms with Crippen molar-refractivity contribution in [1.82, 2.24) is 0 Å². The maximum atomic E-state index is 12.8. The minimum Gasteiger partial charge on any atom is -0.493 e. The fourth-order valence-corrected chi connectivity index (χ4v) is 2.13. The molecule has 7 heteroatoms. The van der Waals surface area contributed by atoms with E-state index in [0.29, 0.717) is 17.9 Å². The van der Waals surface area contributed by atoms with Crippen LogP contribution in [0.2, 0.25) is 0 Å². The number of ether oxygens (including phenoxy) is 2. The first-order chi connectivity index (χ1) is 12.5. The minimum absolute atomic E-state index is 0.0975. The van der Waals surface area contributed by atoms with E-state index in [9.17, 15) is 14.0 Å². The number of aliphatic imine (C=N–C) groups is 1. The number of benzene rings is 2. The zero-order chi connectivity index (χ0) is 18.9. The van der Waals surface area contributed by atoms with E-state index in [2.05, 4.69) is 4.99 Å². The van der Waals surface area contributed by atoms with Gasteiger partial charge in [0.2, 0.25) is 0 Å². The summed E-state index contributed by atoms with van der Waals surface area (Å²) in [6.45, 7) is 0.305. The number of halogens is 1. The van der Waals surface area contributed by atoms with Gasteiger partial charge < -0.3 is 14.6 Å². The van der Waals surface area contributed by atoms with Crippen LogP contribution in [0.5, 0.6) is 11.5 Å². The van der Waals surface area contributed by atoms with Crippen LogP contribution in [0.1, 0.15) is 28.8 Å². The van der Waals surface area contributed by atoms with Crippen molar-refractivity contribution in [2.45, 2.75) is 19.4 Å². The smallest absolute Gasteiger partial charge is 0.303 e. The standard InChI is InChI=1S/C19H18FNO5/c1-25-17-8-4-14(16(22)7-9-19(23)24)10-18(17)26-12-21-11-13-2-5-15(20)6-3-13/h2-6,8,10,12H,7,9,11H2,1H3,(H,23,24). The first kappa shape index (κ1) is 19.1. The van der Waals surface area contributed by atoms with Crippen LogP contribution in [0.3, 0.4) is 0 Å². The fourth-order valence-electron chi connectivity index (χ4n) is 2.13. The van der Waals surface area contributed by atoms with Gasteiger partial charge in [0.15, 0.2) is 23.7 Å². The minimum atomic E-state index is -1.03. The Balaban J connectivity index is 2.03. The summed E-state index contributed by atoms with van der Waals surface area (Å²) >= 11 is 0. The number of hydrogen-bond acceptors (Lipinski definition) is 5. The molecule has 26 heavy (non-hydrogen) atoms. The molecule has 0 bridgehead atoms. The van der Waals surface area contributed by atoms with Crippen molar-refractivity contribution in [3.63, 3.8) is 0 Å². The lowest BCUT2D eigenvalue weighted by molar-refractivity contribution is -0.136. The van der Waals surface area contributed by atoms with Crippen LogP contribution in [-0.4, -0.2) is 30.4 Å². The van der Waals surface area contributed by atoms with E-state index in [0.717, 1.165) is 5.56 Å². The maximum absolute atomic E-state index is 12.8. The molecular formula is C19H18FNO5. The highest BCUT2D eigenvalue weighted by molar-refractivity contribution is 5.98. The van der Waals surface area contributed by atoms with Crippen molar-refractivity contribution in [2.75, 3.05) is 7.11 Å². The SMILES string of the molecule is COc1ccc(C(=O)CCC(=O)O)cc1OC=NCc1ccc(F)cc1. The third-order valence-electron chi connectivity index (χ3n) is 3.49. The molecule has 2 aromatic carbocycles. The first-order valence-electron chi connectivity index (χ1n) is 7.82. The summed E-state index contributed by atoms with van der Waals surface area (Å²) in [6.07, 6.45) is 0.882. The maximum Gasteiger partial charge on any atom is 0.303 e. The van der Waals surface area contributed by atoms with Crippen LogP contribution < -0.4 is 9.47 Å². The number of aliphatic carboxylic acids is 1. The molecule has 0 aliphatic rings. The third kappa shape index (κ3) is 5.70. The van der Waals surface area contributed by atoms with Crippen molar-refractivity contribution in [3.05, 3.63) is 59.4 Å². The molecule has 2 rings (SSSR count). The van der Waals surface area contributed by atoms with Gasteiger partial charge in [0.05, 0.1) is 20.1 Å². The first-order valence-corrected chi connectivity index (χ1v) is 7.82. The Morgan fingerprint density at radius 3 is 2.50 bits per heavy atom. The van der Waals surface area contributed by atoms with Crippen molar-refractivity contribution >= 4 is 18.2 Å². The number of methoxy groups -OCH3 is 1. The molecule has 0 saturated carbocycles. The van der Waals surface area contributed by atoms with E-state index >= 15 is 0 Å². The summed E-state index contributed by atoms with van der Waals surface area (Å²) in [5, 5.41) is 8.66. The van der Waals surface area contributed by atoms with Crippen LogP contribution >= 0.6 is 0 Å². The van der Waals surface area contributed by atoms with Crippen LogP contribution in [0.4, 0.5) is 4.39 Å². The van der Waals surface area contributed by atoms with Gasteiger partial charge in [-0.15, -0.1) is 0 Å². The Morgan fingerprint density at radius 2 is 1.85 bits per heavy atom. The van der Waals surface area contributed by atoms with Gasteiger partial charge in [-0.25, -0.2) is 4.39 Å². The van der Waals surface area contributed by atoms with Crippen LogP contribution in [0, 0.1) is 5.82 Å². The highest BCUT2D eigenvalue weighted by atomic mass is 19.1. The quantitative estimate of drug-likeness (QED) is 0.421. The number of nitrogens with zero attached hydrogens (tertiary/aromatic N) is 1. The lowest BCUT2D eigenvalue weighted by atomic mass is 10.1. The van der Waals surface area contributed by atoms with E-state index in [4.69, 9.17) is 14.6 Å². The zero-order valence-electron chi connectivity index (χ0n) is 14.1. The van der Waals surface area contributed by atoms with E-state index in [1.807, 2.05) is 0 Å². The molecule has 0 spiro atoms. The van der Waals surface area contributed by atoms with Gasteiger partial charge in [-0.3, -0.25) is 14.6 Å². The van der Waals surface area contributed by atoms with Crippen LogP contribution in [0.15, 0.2) is 47.5 Å². The average molecular weight is 359 g/mol. The molecule has 0 aromatic heterocycles. The molecule has 0 heterocycles. The number of ketones is 1. The molecule has 136 valence electrons. The zero-order valence-corrected chi connectivity index (χ0v) is 14.1. The molecule has 0 radical (unpaired) electrons. The lowest BCUT2D eigenvalue weighted by Gasteiger charge is -2.09. The van der Waals surface area contributed by atoms with Crippen LogP contribution in [0.25, 0.3) is 0 Å². The second-order valence-electron chi connectivity index (χ2n) is 5.37. The summed E-state index contributed by atoms with van der Waals surface area (Å²) in [4.78, 5) is 26.7. The number of carbonyl (C=O) groups is 2. The van der Waals surface area contributed by atoms with Crippen LogP contribution in [-0.2, 0) is 11.3 Å². The van der Waals surface area contributed by atoms with Gasteiger partial charge in [0.1, 0.15) is 5.82 Å². The molecule has 6 nitrogen and oxygen atoms in total.